The molecule has 1 N–H and O–H groups in total. The van der Waals surface area contributed by atoms with Crippen LogP contribution in [0, 0.1) is 0 Å². The van der Waals surface area contributed by atoms with Crippen LogP contribution in [-0.4, -0.2) is 32.2 Å². The van der Waals surface area contributed by atoms with Gasteiger partial charge in [-0.2, -0.15) is 13.2 Å². The molecule has 12 heteroatoms. The lowest BCUT2D eigenvalue weighted by molar-refractivity contribution is -0.137. The normalized spacial score (nSPS) is 11.4. The third-order valence-corrected chi connectivity index (χ3v) is 6.54. The average Bonchev–Trinajstić information content (AvgIpc) is 3.35. The minimum atomic E-state index is -4.48. The SMILES string of the molecule is CCOc1ncc(Cl)cc1-n1c(C=C(C)C)c(C(=O)O)cc(-c2nc(-c3ccc(C(F)(F)F)cc3)cs2)c1=O. The molecule has 0 aliphatic heterocycles. The molecule has 0 bridgehead atoms. The largest absolute Gasteiger partial charge is 0.478 e. The number of ether oxygens (including phenoxy) is 1. The number of alkyl halides is 3. The van der Waals surface area contributed by atoms with Crippen LogP contribution in [-0.2, 0) is 6.18 Å². The van der Waals surface area contributed by atoms with Crippen molar-refractivity contribution >= 4 is 35.0 Å². The number of aromatic carboxylic acids is 1. The molecular formula is C27H21ClF3N3O4S. The molecule has 202 valence electrons. The molecule has 3 aromatic heterocycles. The van der Waals surface area contributed by atoms with Crippen molar-refractivity contribution in [2.45, 2.75) is 26.9 Å². The third kappa shape index (κ3) is 5.89. The molecule has 0 atom stereocenters. The van der Waals surface area contributed by atoms with Crippen LogP contribution in [0.15, 0.2) is 58.3 Å². The van der Waals surface area contributed by atoms with Gasteiger partial charge in [0.15, 0.2) is 0 Å². The lowest BCUT2D eigenvalue weighted by atomic mass is 10.1. The smallest absolute Gasteiger partial charge is 0.416 e. The van der Waals surface area contributed by atoms with Crippen molar-refractivity contribution in [2.75, 3.05) is 6.61 Å². The van der Waals surface area contributed by atoms with E-state index in [0.717, 1.165) is 29.0 Å². The number of aromatic nitrogens is 3. The van der Waals surface area contributed by atoms with Gasteiger partial charge < -0.3 is 9.84 Å². The Bertz CT molecular complexity index is 1640. The Morgan fingerprint density at radius 2 is 1.90 bits per heavy atom. The van der Waals surface area contributed by atoms with Gasteiger partial charge in [0.2, 0.25) is 5.88 Å². The fourth-order valence-electron chi connectivity index (χ4n) is 3.79. The number of hydrogen-bond donors (Lipinski definition) is 1. The maximum absolute atomic E-state index is 14.0. The summed E-state index contributed by atoms with van der Waals surface area (Å²) in [6.07, 6.45) is -1.58. The monoisotopic (exact) mass is 575 g/mol. The Kier molecular flexibility index (Phi) is 7.94. The van der Waals surface area contributed by atoms with Crippen molar-refractivity contribution in [1.29, 1.82) is 0 Å². The lowest BCUT2D eigenvalue weighted by Gasteiger charge is -2.17. The molecule has 0 aliphatic carbocycles. The van der Waals surface area contributed by atoms with Gasteiger partial charge in [-0.15, -0.1) is 11.3 Å². The maximum Gasteiger partial charge on any atom is 0.416 e. The number of pyridine rings is 2. The van der Waals surface area contributed by atoms with E-state index in [2.05, 4.69) is 9.97 Å². The molecular weight excluding hydrogens is 555 g/mol. The first-order valence-electron chi connectivity index (χ1n) is 11.5. The third-order valence-electron chi connectivity index (χ3n) is 5.46. The zero-order chi connectivity index (χ0) is 28.5. The summed E-state index contributed by atoms with van der Waals surface area (Å²) in [7, 11) is 0. The minimum Gasteiger partial charge on any atom is -0.478 e. The van der Waals surface area contributed by atoms with Gasteiger partial charge in [0, 0.05) is 17.1 Å². The van der Waals surface area contributed by atoms with Crippen LogP contribution < -0.4 is 10.3 Å². The summed E-state index contributed by atoms with van der Waals surface area (Å²) in [6.45, 7) is 5.47. The highest BCUT2D eigenvalue weighted by Gasteiger charge is 2.30. The van der Waals surface area contributed by atoms with Crippen molar-refractivity contribution in [3.8, 4) is 33.4 Å². The van der Waals surface area contributed by atoms with Crippen molar-refractivity contribution in [1.82, 2.24) is 14.5 Å². The van der Waals surface area contributed by atoms with Crippen LogP contribution in [0.4, 0.5) is 13.2 Å². The number of nitrogens with zero attached hydrogens (tertiary/aromatic N) is 3. The zero-order valence-corrected chi connectivity index (χ0v) is 22.4. The predicted octanol–water partition coefficient (Wildman–Crippen LogP) is 7.22. The quantitative estimate of drug-likeness (QED) is 0.250. The predicted molar refractivity (Wildman–Crippen MR) is 144 cm³/mol. The molecule has 0 spiro atoms. The maximum atomic E-state index is 14.0. The number of halogens is 4. The summed E-state index contributed by atoms with van der Waals surface area (Å²) in [5, 5.41) is 12.1. The first-order chi connectivity index (χ1) is 18.4. The van der Waals surface area contributed by atoms with Crippen LogP contribution in [0.3, 0.4) is 0 Å². The van der Waals surface area contributed by atoms with Gasteiger partial charge in [-0.3, -0.25) is 9.36 Å². The number of allylic oxidation sites excluding steroid dienone is 1. The molecule has 7 nitrogen and oxygen atoms in total. The van der Waals surface area contributed by atoms with Crippen molar-refractivity contribution in [3.63, 3.8) is 0 Å². The Hall–Kier alpha value is -3.96. The summed E-state index contributed by atoms with van der Waals surface area (Å²) < 4.78 is 45.7. The van der Waals surface area contributed by atoms with Gasteiger partial charge in [0.1, 0.15) is 10.7 Å². The first kappa shape index (κ1) is 28.1. The molecule has 0 unspecified atom stereocenters. The van der Waals surface area contributed by atoms with Crippen LogP contribution in [0.1, 0.15) is 42.4 Å². The molecule has 3 heterocycles. The van der Waals surface area contributed by atoms with Crippen molar-refractivity contribution in [2.24, 2.45) is 0 Å². The van der Waals surface area contributed by atoms with E-state index in [1.54, 1.807) is 32.2 Å². The fourth-order valence-corrected chi connectivity index (χ4v) is 4.78. The molecule has 4 aromatic rings. The fraction of sp³-hybridized carbons (Fsp3) is 0.185. The summed E-state index contributed by atoms with van der Waals surface area (Å²) in [4.78, 5) is 35.0. The second-order valence-electron chi connectivity index (χ2n) is 8.55. The summed E-state index contributed by atoms with van der Waals surface area (Å²) in [5.74, 6) is -1.21. The van der Waals surface area contributed by atoms with E-state index < -0.39 is 23.3 Å². The van der Waals surface area contributed by atoms with E-state index in [4.69, 9.17) is 16.3 Å². The average molecular weight is 576 g/mol. The highest BCUT2D eigenvalue weighted by Crippen LogP contribution is 2.34. The van der Waals surface area contributed by atoms with Gasteiger partial charge in [-0.1, -0.05) is 29.3 Å². The molecule has 0 aliphatic rings. The number of thiazole rings is 1. The topological polar surface area (TPSA) is 94.3 Å². The molecule has 0 fully saturated rings. The van der Waals surface area contributed by atoms with E-state index in [-0.39, 0.29) is 45.0 Å². The van der Waals surface area contributed by atoms with Gasteiger partial charge in [-0.05, 0) is 51.1 Å². The molecule has 0 amide bonds. The van der Waals surface area contributed by atoms with Crippen LogP contribution >= 0.6 is 22.9 Å². The molecule has 0 radical (unpaired) electrons. The zero-order valence-electron chi connectivity index (χ0n) is 20.8. The van der Waals surface area contributed by atoms with E-state index in [9.17, 15) is 27.9 Å². The van der Waals surface area contributed by atoms with Gasteiger partial charge in [-0.25, -0.2) is 14.8 Å². The van der Waals surface area contributed by atoms with E-state index in [1.807, 2.05) is 0 Å². The van der Waals surface area contributed by atoms with Crippen LogP contribution in [0.5, 0.6) is 5.88 Å². The molecule has 0 saturated heterocycles. The Labute approximate surface area is 229 Å². The Morgan fingerprint density at radius 3 is 2.49 bits per heavy atom. The second-order valence-corrected chi connectivity index (χ2v) is 9.84. The van der Waals surface area contributed by atoms with E-state index >= 15 is 0 Å². The summed E-state index contributed by atoms with van der Waals surface area (Å²) in [5.41, 5.74) is 0.0826. The lowest BCUT2D eigenvalue weighted by Crippen LogP contribution is -2.26. The van der Waals surface area contributed by atoms with E-state index in [0.29, 0.717) is 11.3 Å². The molecule has 1 aromatic carbocycles. The van der Waals surface area contributed by atoms with Gasteiger partial charge in [0.05, 0.1) is 39.7 Å². The minimum absolute atomic E-state index is 0.0242. The number of carbonyl (C=O) groups is 1. The number of benzene rings is 1. The molecule has 0 saturated carbocycles. The Balaban J connectivity index is 1.97. The highest BCUT2D eigenvalue weighted by atomic mass is 35.5. The number of carboxylic acid groups (broad SMARTS) is 1. The van der Waals surface area contributed by atoms with Gasteiger partial charge in [0.25, 0.3) is 5.56 Å². The van der Waals surface area contributed by atoms with Crippen molar-refractivity contribution in [3.05, 3.63) is 85.7 Å². The first-order valence-corrected chi connectivity index (χ1v) is 12.8. The highest BCUT2D eigenvalue weighted by molar-refractivity contribution is 7.13. The summed E-state index contributed by atoms with van der Waals surface area (Å²) in [6, 6.07) is 7.15. The number of hydrogen-bond acceptors (Lipinski definition) is 6. The Morgan fingerprint density at radius 1 is 1.21 bits per heavy atom. The second kappa shape index (κ2) is 11.0. The number of carboxylic acids is 1. The standard InChI is InChI=1S/C27H21ClF3N3O4S/c1-4-38-23-22(10-17(28)12-32-23)34-21(9-14(2)3)18(26(36)37)11-19(25(34)35)24-33-20(13-39-24)15-5-7-16(8-6-15)27(29,30)31/h5-13H,4H2,1-3H3,(H,36,37). The number of rotatable bonds is 7. The van der Waals surface area contributed by atoms with Crippen molar-refractivity contribution < 1.29 is 27.8 Å². The molecule has 39 heavy (non-hydrogen) atoms. The van der Waals surface area contributed by atoms with E-state index in [1.165, 1.54) is 35.0 Å². The van der Waals surface area contributed by atoms with Crippen LogP contribution in [0.2, 0.25) is 5.02 Å². The summed E-state index contributed by atoms with van der Waals surface area (Å²) >= 11 is 7.26. The van der Waals surface area contributed by atoms with Crippen LogP contribution in [0.25, 0.3) is 33.6 Å². The molecule has 4 rings (SSSR count). The van der Waals surface area contributed by atoms with Gasteiger partial charge >= 0.3 is 12.1 Å².